The molecule has 1 aromatic carbocycles. The third kappa shape index (κ3) is 5.18. The highest BCUT2D eigenvalue weighted by Crippen LogP contribution is 2.23. The predicted octanol–water partition coefficient (Wildman–Crippen LogP) is 1.63. The quantitative estimate of drug-likeness (QED) is 0.827. The zero-order chi connectivity index (χ0) is 16.1. The molecule has 0 radical (unpaired) electrons. The summed E-state index contributed by atoms with van der Waals surface area (Å²) >= 11 is 0. The van der Waals surface area contributed by atoms with Crippen LogP contribution in [0.3, 0.4) is 0 Å². The van der Waals surface area contributed by atoms with Crippen molar-refractivity contribution in [3.8, 4) is 5.75 Å². The van der Waals surface area contributed by atoms with Crippen LogP contribution in [0.5, 0.6) is 5.75 Å². The Bertz CT molecular complexity index is 543. The van der Waals surface area contributed by atoms with Crippen LogP contribution in [0.2, 0.25) is 0 Å². The molecule has 0 aromatic heterocycles. The monoisotopic (exact) mass is 327 g/mol. The average molecular weight is 327 g/mol. The van der Waals surface area contributed by atoms with E-state index in [1.165, 1.54) is 24.3 Å². The second-order valence-electron chi connectivity index (χ2n) is 4.08. The van der Waals surface area contributed by atoms with Gasteiger partial charge in [0.25, 0.3) is 0 Å². The molecule has 5 nitrogen and oxygen atoms in total. The lowest BCUT2D eigenvalue weighted by atomic mass is 10.3. The Balaban J connectivity index is 3.04. The zero-order valence-corrected chi connectivity index (χ0v) is 12.1. The number of sulfonamides is 1. The zero-order valence-electron chi connectivity index (χ0n) is 11.3. The van der Waals surface area contributed by atoms with Gasteiger partial charge in [0.1, 0.15) is 12.3 Å². The molecule has 1 aromatic rings. The predicted molar refractivity (Wildman–Crippen MR) is 69.5 cm³/mol. The molecule has 0 aliphatic heterocycles. The van der Waals surface area contributed by atoms with E-state index in [1.807, 2.05) is 0 Å². The number of halogens is 3. The number of aliphatic hydroxyl groups excluding tert-OH is 1. The molecule has 0 amide bonds. The number of benzene rings is 1. The highest BCUT2D eigenvalue weighted by Gasteiger charge is 2.36. The first kappa shape index (κ1) is 17.7. The maximum Gasteiger partial charge on any atom is 0.402 e. The van der Waals surface area contributed by atoms with Crippen LogP contribution in [0.1, 0.15) is 6.92 Å². The first-order chi connectivity index (χ1) is 9.70. The third-order valence-corrected chi connectivity index (χ3v) is 4.34. The van der Waals surface area contributed by atoms with Gasteiger partial charge in [0, 0.05) is 6.54 Å². The van der Waals surface area contributed by atoms with E-state index in [4.69, 9.17) is 9.84 Å². The number of ether oxygens (including phenoxy) is 1. The van der Waals surface area contributed by atoms with E-state index in [0.29, 0.717) is 12.4 Å². The first-order valence-electron chi connectivity index (χ1n) is 6.11. The average Bonchev–Trinajstić information content (AvgIpc) is 2.38. The molecule has 1 N–H and O–H groups in total. The van der Waals surface area contributed by atoms with E-state index in [-0.39, 0.29) is 9.20 Å². The van der Waals surface area contributed by atoms with Gasteiger partial charge >= 0.3 is 6.18 Å². The maximum atomic E-state index is 12.4. The summed E-state index contributed by atoms with van der Waals surface area (Å²) in [5.41, 5.74) is 0. The molecule has 9 heteroatoms. The van der Waals surface area contributed by atoms with Gasteiger partial charge in [-0.25, -0.2) is 8.42 Å². The van der Waals surface area contributed by atoms with Gasteiger partial charge in [-0.2, -0.15) is 17.5 Å². The molecule has 1 rings (SSSR count). The number of hydrogen-bond donors (Lipinski definition) is 1. The van der Waals surface area contributed by atoms with Gasteiger partial charge in [-0.05, 0) is 31.2 Å². The van der Waals surface area contributed by atoms with Crippen LogP contribution in [0.4, 0.5) is 13.2 Å². The van der Waals surface area contributed by atoms with Crippen molar-refractivity contribution in [2.45, 2.75) is 18.0 Å². The van der Waals surface area contributed by atoms with E-state index >= 15 is 0 Å². The van der Waals surface area contributed by atoms with Gasteiger partial charge in [0.15, 0.2) is 0 Å². The lowest BCUT2D eigenvalue weighted by molar-refractivity contribution is -0.136. The largest absolute Gasteiger partial charge is 0.494 e. The van der Waals surface area contributed by atoms with Gasteiger partial charge < -0.3 is 9.84 Å². The summed E-state index contributed by atoms with van der Waals surface area (Å²) in [7, 11) is -4.33. The fourth-order valence-electron chi connectivity index (χ4n) is 1.62. The van der Waals surface area contributed by atoms with Crippen molar-refractivity contribution in [1.29, 1.82) is 0 Å². The molecule has 120 valence electrons. The Morgan fingerprint density at radius 3 is 2.24 bits per heavy atom. The molecule has 21 heavy (non-hydrogen) atoms. The molecule has 0 unspecified atom stereocenters. The van der Waals surface area contributed by atoms with Gasteiger partial charge in [-0.1, -0.05) is 0 Å². The van der Waals surface area contributed by atoms with Crippen molar-refractivity contribution in [3.05, 3.63) is 24.3 Å². The number of aliphatic hydroxyl groups is 1. The van der Waals surface area contributed by atoms with E-state index in [1.54, 1.807) is 6.92 Å². The summed E-state index contributed by atoms with van der Waals surface area (Å²) in [6, 6.07) is 5.06. The van der Waals surface area contributed by atoms with Crippen LogP contribution in [0.25, 0.3) is 0 Å². The molecular weight excluding hydrogens is 311 g/mol. The normalized spacial score (nSPS) is 12.7. The van der Waals surface area contributed by atoms with Gasteiger partial charge in [0.2, 0.25) is 10.0 Å². The van der Waals surface area contributed by atoms with Crippen LogP contribution < -0.4 is 4.74 Å². The summed E-state index contributed by atoms with van der Waals surface area (Å²) in [5.74, 6) is 0.418. The molecule has 0 aliphatic rings. The second-order valence-corrected chi connectivity index (χ2v) is 6.02. The SMILES string of the molecule is CCOc1ccc(S(=O)(=O)N(CCO)CC(F)(F)F)cc1. The minimum atomic E-state index is -4.69. The lowest BCUT2D eigenvalue weighted by Gasteiger charge is -2.22. The minimum absolute atomic E-state index is 0.197. The number of hydrogen-bond acceptors (Lipinski definition) is 4. The smallest absolute Gasteiger partial charge is 0.402 e. The maximum absolute atomic E-state index is 12.4. The Hall–Kier alpha value is -1.32. The van der Waals surface area contributed by atoms with Gasteiger partial charge in [-0.3, -0.25) is 0 Å². The van der Waals surface area contributed by atoms with Crippen molar-refractivity contribution in [1.82, 2.24) is 4.31 Å². The molecule has 0 saturated carbocycles. The minimum Gasteiger partial charge on any atom is -0.494 e. The van der Waals surface area contributed by atoms with Crippen LogP contribution >= 0.6 is 0 Å². The summed E-state index contributed by atoms with van der Waals surface area (Å²) in [6.45, 7) is -0.849. The molecular formula is C12H16F3NO4S. The Kier molecular flexibility index (Phi) is 5.99. The molecule has 0 atom stereocenters. The standard InChI is InChI=1S/C12H16F3NO4S/c1-2-20-10-3-5-11(6-4-10)21(18,19)16(7-8-17)9-12(13,14)15/h3-6,17H,2,7-9H2,1H3. The fraction of sp³-hybridized carbons (Fsp3) is 0.500. The molecule has 0 heterocycles. The van der Waals surface area contributed by atoms with E-state index in [9.17, 15) is 21.6 Å². The molecule has 0 bridgehead atoms. The van der Waals surface area contributed by atoms with Crippen LogP contribution in [0.15, 0.2) is 29.2 Å². The highest BCUT2D eigenvalue weighted by molar-refractivity contribution is 7.89. The lowest BCUT2D eigenvalue weighted by Crippen LogP contribution is -2.40. The summed E-state index contributed by atoms with van der Waals surface area (Å²) in [6.07, 6.45) is -4.69. The number of nitrogens with zero attached hydrogens (tertiary/aromatic N) is 1. The van der Waals surface area contributed by atoms with E-state index in [2.05, 4.69) is 0 Å². The molecule has 0 aliphatic carbocycles. The van der Waals surface area contributed by atoms with Gasteiger partial charge in [0.05, 0.1) is 18.1 Å². The van der Waals surface area contributed by atoms with Crippen molar-refractivity contribution < 1.29 is 31.4 Å². The van der Waals surface area contributed by atoms with Crippen LogP contribution in [-0.4, -0.2) is 50.3 Å². The van der Waals surface area contributed by atoms with Crippen LogP contribution in [0, 0.1) is 0 Å². The van der Waals surface area contributed by atoms with Gasteiger partial charge in [-0.15, -0.1) is 0 Å². The Labute approximate surface area is 121 Å². The Morgan fingerprint density at radius 2 is 1.81 bits per heavy atom. The van der Waals surface area contributed by atoms with E-state index in [0.717, 1.165) is 0 Å². The van der Waals surface area contributed by atoms with Crippen molar-refractivity contribution in [3.63, 3.8) is 0 Å². The molecule has 0 fully saturated rings. The van der Waals surface area contributed by atoms with Crippen LogP contribution in [-0.2, 0) is 10.0 Å². The highest BCUT2D eigenvalue weighted by atomic mass is 32.2. The topological polar surface area (TPSA) is 66.8 Å². The fourth-order valence-corrected chi connectivity index (χ4v) is 3.04. The second kappa shape index (κ2) is 7.10. The summed E-state index contributed by atoms with van der Waals surface area (Å²) in [5, 5.41) is 8.76. The number of rotatable bonds is 7. The molecule has 0 saturated heterocycles. The first-order valence-corrected chi connectivity index (χ1v) is 7.55. The van der Waals surface area contributed by atoms with Crippen molar-refractivity contribution >= 4 is 10.0 Å². The van der Waals surface area contributed by atoms with Crippen molar-refractivity contribution in [2.24, 2.45) is 0 Å². The van der Waals surface area contributed by atoms with E-state index < -0.39 is 35.9 Å². The molecule has 0 spiro atoms. The Morgan fingerprint density at radius 1 is 1.24 bits per heavy atom. The third-order valence-electron chi connectivity index (χ3n) is 2.48. The van der Waals surface area contributed by atoms with Crippen molar-refractivity contribution in [2.75, 3.05) is 26.3 Å². The summed E-state index contributed by atoms with van der Waals surface area (Å²) < 4.78 is 66.9. The number of alkyl halides is 3. The summed E-state index contributed by atoms with van der Waals surface area (Å²) in [4.78, 5) is -0.288.